The Morgan fingerprint density at radius 1 is 1.36 bits per heavy atom. The summed E-state index contributed by atoms with van der Waals surface area (Å²) in [5, 5.41) is 0. The molecule has 11 heteroatoms. The molecule has 1 aromatic rings. The number of sulfonamides is 1. The lowest BCUT2D eigenvalue weighted by atomic mass is 10.6. The zero-order valence-electron chi connectivity index (χ0n) is 12.5. The number of methoxy groups -OCH3 is 1. The highest BCUT2D eigenvalue weighted by atomic mass is 32.2. The highest BCUT2D eigenvalue weighted by molar-refractivity contribution is 7.89. The Bertz CT molecular complexity index is 779. The number of primary amides is 1. The van der Waals surface area contributed by atoms with Gasteiger partial charge in [-0.05, 0) is 0 Å². The van der Waals surface area contributed by atoms with E-state index in [0.717, 1.165) is 22.1 Å². The fourth-order valence-electron chi connectivity index (χ4n) is 1.74. The van der Waals surface area contributed by atoms with Crippen LogP contribution in [0.25, 0.3) is 0 Å². The van der Waals surface area contributed by atoms with Gasteiger partial charge in [-0.15, -0.1) is 0 Å². The number of carbonyl (C=O) groups excluding carboxylic acids is 1. The van der Waals surface area contributed by atoms with E-state index in [2.05, 4.69) is 0 Å². The van der Waals surface area contributed by atoms with Crippen molar-refractivity contribution in [3.63, 3.8) is 0 Å². The van der Waals surface area contributed by atoms with E-state index in [0.29, 0.717) is 4.57 Å². The maximum atomic E-state index is 12.5. The van der Waals surface area contributed by atoms with Crippen LogP contribution in [0.15, 0.2) is 20.7 Å². The van der Waals surface area contributed by atoms with Crippen molar-refractivity contribution in [1.82, 2.24) is 13.4 Å². The predicted molar refractivity (Wildman–Crippen MR) is 76.8 cm³/mol. The monoisotopic (exact) mass is 334 g/mol. The maximum absolute atomic E-state index is 12.5. The van der Waals surface area contributed by atoms with Gasteiger partial charge in [-0.25, -0.2) is 13.2 Å². The second-order valence-electron chi connectivity index (χ2n) is 4.55. The number of nitrogens with two attached hydrogens (primary N) is 1. The Labute approximate surface area is 126 Å². The molecule has 0 aromatic carbocycles. The van der Waals surface area contributed by atoms with Gasteiger partial charge in [-0.2, -0.15) is 4.31 Å². The first-order valence-corrected chi connectivity index (χ1v) is 7.61. The molecule has 0 bridgehead atoms. The molecule has 10 nitrogen and oxygen atoms in total. The fraction of sp³-hybridized carbons (Fsp3) is 0.545. The van der Waals surface area contributed by atoms with E-state index < -0.39 is 38.6 Å². The normalized spacial score (nSPS) is 11.8. The van der Waals surface area contributed by atoms with Crippen LogP contribution in [-0.4, -0.2) is 54.6 Å². The lowest BCUT2D eigenvalue weighted by molar-refractivity contribution is -0.118. The fourth-order valence-corrected chi connectivity index (χ4v) is 3.28. The first-order chi connectivity index (χ1) is 10.1. The molecule has 0 spiro atoms. The van der Waals surface area contributed by atoms with Crippen LogP contribution < -0.4 is 17.0 Å². The summed E-state index contributed by atoms with van der Waals surface area (Å²) in [7, 11) is -0.462. The molecule has 0 aliphatic heterocycles. The summed E-state index contributed by atoms with van der Waals surface area (Å²) >= 11 is 0. The average molecular weight is 334 g/mol. The van der Waals surface area contributed by atoms with Crippen molar-refractivity contribution in [2.45, 2.75) is 4.90 Å². The van der Waals surface area contributed by atoms with E-state index in [1.165, 1.54) is 14.2 Å². The molecule has 0 unspecified atom stereocenters. The third-order valence-corrected chi connectivity index (χ3v) is 4.74. The molecular formula is C11H18N4O6S. The van der Waals surface area contributed by atoms with E-state index in [9.17, 15) is 22.8 Å². The van der Waals surface area contributed by atoms with Crippen molar-refractivity contribution in [3.8, 4) is 0 Å². The van der Waals surface area contributed by atoms with Crippen molar-refractivity contribution >= 4 is 15.9 Å². The van der Waals surface area contributed by atoms with Crippen molar-refractivity contribution in [3.05, 3.63) is 27.0 Å². The van der Waals surface area contributed by atoms with E-state index in [1.54, 1.807) is 0 Å². The molecule has 0 saturated heterocycles. The topological polar surface area (TPSA) is 134 Å². The van der Waals surface area contributed by atoms with Crippen molar-refractivity contribution < 1.29 is 17.9 Å². The molecule has 1 aromatic heterocycles. The van der Waals surface area contributed by atoms with Gasteiger partial charge in [-0.1, -0.05) is 0 Å². The van der Waals surface area contributed by atoms with Gasteiger partial charge in [0.1, 0.15) is 0 Å². The molecule has 1 amide bonds. The minimum Gasteiger partial charge on any atom is -0.383 e. The number of carbonyl (C=O) groups is 1. The number of rotatable bonds is 7. The number of hydrogen-bond acceptors (Lipinski definition) is 6. The van der Waals surface area contributed by atoms with E-state index in [4.69, 9.17) is 10.5 Å². The SMILES string of the molecule is COCCN(CC(N)=O)S(=O)(=O)c1cn(C)c(=O)n(C)c1=O. The van der Waals surface area contributed by atoms with Crippen LogP contribution in [0.4, 0.5) is 0 Å². The van der Waals surface area contributed by atoms with Gasteiger partial charge in [0.25, 0.3) is 15.6 Å². The van der Waals surface area contributed by atoms with E-state index in [-0.39, 0.29) is 13.2 Å². The van der Waals surface area contributed by atoms with Gasteiger partial charge in [0.15, 0.2) is 4.90 Å². The summed E-state index contributed by atoms with van der Waals surface area (Å²) in [5.74, 6) is -0.874. The maximum Gasteiger partial charge on any atom is 0.330 e. The van der Waals surface area contributed by atoms with Crippen LogP contribution in [-0.2, 0) is 33.7 Å². The highest BCUT2D eigenvalue weighted by Crippen LogP contribution is 2.10. The third kappa shape index (κ3) is 3.61. The number of hydrogen-bond donors (Lipinski definition) is 1. The second-order valence-corrected chi connectivity index (χ2v) is 6.46. The summed E-state index contributed by atoms with van der Waals surface area (Å²) < 4.78 is 32.2. The molecule has 1 heterocycles. The lowest BCUT2D eigenvalue weighted by Crippen LogP contribution is -2.45. The average Bonchev–Trinajstić information content (AvgIpc) is 2.44. The molecule has 0 aliphatic carbocycles. The quantitative estimate of drug-likeness (QED) is 0.573. The minimum absolute atomic E-state index is 0.0125. The predicted octanol–water partition coefficient (Wildman–Crippen LogP) is -2.79. The summed E-state index contributed by atoms with van der Waals surface area (Å²) in [4.78, 5) is 34.1. The van der Waals surface area contributed by atoms with Crippen LogP contribution >= 0.6 is 0 Å². The van der Waals surface area contributed by atoms with E-state index >= 15 is 0 Å². The molecule has 1 rings (SSSR count). The summed E-state index contributed by atoms with van der Waals surface area (Å²) in [6.45, 7) is -0.746. The van der Waals surface area contributed by atoms with Crippen LogP contribution in [0.1, 0.15) is 0 Å². The van der Waals surface area contributed by atoms with Gasteiger partial charge < -0.3 is 15.0 Å². The van der Waals surface area contributed by atoms with Gasteiger partial charge in [0.05, 0.1) is 13.2 Å². The standard InChI is InChI=1S/C11H18N4O6S/c1-13-6-8(10(17)14(2)11(13)18)22(19,20)15(4-5-21-3)7-9(12)16/h6H,4-5,7H2,1-3H3,(H2,12,16). The third-order valence-electron chi connectivity index (χ3n) is 2.91. The smallest absolute Gasteiger partial charge is 0.330 e. The molecule has 0 aliphatic rings. The van der Waals surface area contributed by atoms with Crippen LogP contribution in [0.3, 0.4) is 0 Å². The van der Waals surface area contributed by atoms with Crippen LogP contribution in [0, 0.1) is 0 Å². The number of nitrogens with zero attached hydrogens (tertiary/aromatic N) is 3. The summed E-state index contributed by atoms with van der Waals surface area (Å²) in [6, 6.07) is 0. The first-order valence-electron chi connectivity index (χ1n) is 6.17. The Morgan fingerprint density at radius 2 is 1.95 bits per heavy atom. The molecule has 0 fully saturated rings. The molecule has 0 saturated carbocycles. The second kappa shape index (κ2) is 6.85. The molecule has 124 valence electrons. The van der Waals surface area contributed by atoms with Gasteiger partial charge in [0, 0.05) is 33.9 Å². The Hall–Kier alpha value is -1.98. The van der Waals surface area contributed by atoms with Gasteiger partial charge in [0.2, 0.25) is 5.91 Å². The largest absolute Gasteiger partial charge is 0.383 e. The lowest BCUT2D eigenvalue weighted by Gasteiger charge is -2.20. The zero-order valence-corrected chi connectivity index (χ0v) is 13.3. The number of ether oxygens (including phenoxy) is 1. The molecule has 22 heavy (non-hydrogen) atoms. The minimum atomic E-state index is -4.30. The van der Waals surface area contributed by atoms with Gasteiger partial charge in [-0.3, -0.25) is 14.2 Å². The van der Waals surface area contributed by atoms with Crippen molar-refractivity contribution in [2.24, 2.45) is 19.8 Å². The van der Waals surface area contributed by atoms with E-state index in [1.807, 2.05) is 0 Å². The highest BCUT2D eigenvalue weighted by Gasteiger charge is 2.29. The summed E-state index contributed by atoms with van der Waals surface area (Å²) in [5.41, 5.74) is 3.40. The molecule has 0 radical (unpaired) electrons. The molecule has 2 N–H and O–H groups in total. The van der Waals surface area contributed by atoms with Crippen LogP contribution in [0.2, 0.25) is 0 Å². The zero-order chi connectivity index (χ0) is 17.1. The molecule has 0 atom stereocenters. The van der Waals surface area contributed by atoms with Crippen LogP contribution in [0.5, 0.6) is 0 Å². The Kier molecular flexibility index (Phi) is 5.63. The summed E-state index contributed by atoms with van der Waals surface area (Å²) in [6.07, 6.45) is 0.917. The number of aromatic nitrogens is 2. The van der Waals surface area contributed by atoms with Crippen molar-refractivity contribution in [1.29, 1.82) is 0 Å². The number of amides is 1. The molecular weight excluding hydrogens is 316 g/mol. The van der Waals surface area contributed by atoms with Gasteiger partial charge >= 0.3 is 5.69 Å². The van der Waals surface area contributed by atoms with Crippen molar-refractivity contribution in [2.75, 3.05) is 26.8 Å². The number of aryl methyl sites for hydroxylation is 1. The Morgan fingerprint density at radius 3 is 2.45 bits per heavy atom. The first kappa shape index (κ1) is 18.1. The Balaban J connectivity index is 3.46.